The van der Waals surface area contributed by atoms with Crippen molar-refractivity contribution in [2.45, 2.75) is 103 Å². The van der Waals surface area contributed by atoms with Crippen molar-refractivity contribution in [3.63, 3.8) is 0 Å². The molecule has 0 radical (unpaired) electrons. The number of rotatable bonds is 25. The summed E-state index contributed by atoms with van der Waals surface area (Å²) in [6, 6.07) is 0. The molecule has 8 heteroatoms. The van der Waals surface area contributed by atoms with Crippen LogP contribution in [-0.4, -0.2) is 74.7 Å². The zero-order valence-corrected chi connectivity index (χ0v) is 23.5. The van der Waals surface area contributed by atoms with Gasteiger partial charge in [0.25, 0.3) is 0 Å². The van der Waals surface area contributed by atoms with Crippen molar-refractivity contribution in [1.82, 2.24) is 0 Å². The summed E-state index contributed by atoms with van der Waals surface area (Å²) in [5.41, 5.74) is 0. The molecule has 0 saturated carbocycles. The maximum absolute atomic E-state index is 11.9. The molecule has 0 rings (SSSR count). The zero-order valence-electron chi connectivity index (χ0n) is 22.6. The Hall–Kier alpha value is -0.270. The molecule has 1 unspecified atom stereocenters. The highest BCUT2D eigenvalue weighted by atomic mass is 31.2. The van der Waals surface area contributed by atoms with Gasteiger partial charge in [-0.05, 0) is 32.1 Å². The Bertz CT molecular complexity index is 524. The number of phosphoric acid groups is 1. The van der Waals surface area contributed by atoms with Crippen LogP contribution in [0.15, 0.2) is 12.2 Å². The number of aliphatic hydroxyl groups excluding tert-OH is 1. The topological polar surface area (TPSA) is 85.2 Å². The highest BCUT2D eigenvalue weighted by Crippen LogP contribution is 2.43. The lowest BCUT2D eigenvalue weighted by atomic mass is 10.1. The number of nitrogens with zero attached hydrogens (tertiary/aromatic N) is 1. The highest BCUT2D eigenvalue weighted by Gasteiger charge is 2.24. The molecule has 0 aromatic heterocycles. The van der Waals surface area contributed by atoms with Crippen LogP contribution < -0.4 is 0 Å². The standard InChI is InChI=1S/C26H54NO6P/c1-5-6-7-8-9-10-11-12-13-14-15-16-17-18-19-20-22-31-26(24-28)25-33-34(29,30)32-23-21-27(2,3)4/h12-13,26,28H,5-11,14-25H2,1-4H3/p+1/b13-12-/t26-/m1/s1. The summed E-state index contributed by atoms with van der Waals surface area (Å²) in [6.07, 6.45) is 21.6. The predicted octanol–water partition coefficient (Wildman–Crippen LogP) is 6.24. The third kappa shape index (κ3) is 24.8. The average Bonchev–Trinajstić information content (AvgIpc) is 2.76. The Morgan fingerprint density at radius 2 is 1.32 bits per heavy atom. The van der Waals surface area contributed by atoms with Gasteiger partial charge in [0.1, 0.15) is 19.3 Å². The SMILES string of the molecule is CCCCCCCC/C=C\CCCCCCCCO[C@H](CO)COP(=O)(O)OCC[N+](C)(C)C. The number of aliphatic hydroxyl groups is 1. The second kappa shape index (κ2) is 22.0. The Kier molecular flexibility index (Phi) is 21.8. The van der Waals surface area contributed by atoms with Crippen LogP contribution in [0.4, 0.5) is 0 Å². The van der Waals surface area contributed by atoms with E-state index in [1.54, 1.807) is 0 Å². The minimum Gasteiger partial charge on any atom is -0.394 e. The average molecular weight is 509 g/mol. The van der Waals surface area contributed by atoms with E-state index in [9.17, 15) is 14.6 Å². The number of ether oxygens (including phenoxy) is 1. The number of quaternary nitrogens is 1. The van der Waals surface area contributed by atoms with Gasteiger partial charge in [-0.2, -0.15) is 0 Å². The van der Waals surface area contributed by atoms with Crippen molar-refractivity contribution in [3.8, 4) is 0 Å². The van der Waals surface area contributed by atoms with E-state index < -0.39 is 13.9 Å². The van der Waals surface area contributed by atoms with Crippen molar-refractivity contribution in [3.05, 3.63) is 12.2 Å². The van der Waals surface area contributed by atoms with E-state index in [1.807, 2.05) is 21.1 Å². The van der Waals surface area contributed by atoms with Gasteiger partial charge in [0, 0.05) is 6.61 Å². The second-order valence-corrected chi connectivity index (χ2v) is 11.7. The van der Waals surface area contributed by atoms with Crippen molar-refractivity contribution in [1.29, 1.82) is 0 Å². The van der Waals surface area contributed by atoms with Gasteiger partial charge in [-0.1, -0.05) is 76.9 Å². The molecule has 0 aromatic rings. The Balaban J connectivity index is 3.58. The van der Waals surface area contributed by atoms with Gasteiger partial charge in [-0.25, -0.2) is 4.57 Å². The minimum absolute atomic E-state index is 0.122. The lowest BCUT2D eigenvalue weighted by Crippen LogP contribution is -2.37. The van der Waals surface area contributed by atoms with Crippen LogP contribution in [0.25, 0.3) is 0 Å². The molecule has 0 aliphatic heterocycles. The Labute approximate surface area is 210 Å². The predicted molar refractivity (Wildman–Crippen MR) is 141 cm³/mol. The molecule has 34 heavy (non-hydrogen) atoms. The van der Waals surface area contributed by atoms with Crippen molar-refractivity contribution < 1.29 is 32.8 Å². The summed E-state index contributed by atoms with van der Waals surface area (Å²) < 4.78 is 28.1. The van der Waals surface area contributed by atoms with Gasteiger partial charge in [-0.3, -0.25) is 9.05 Å². The van der Waals surface area contributed by atoms with E-state index in [4.69, 9.17) is 13.8 Å². The molecular weight excluding hydrogens is 453 g/mol. The highest BCUT2D eigenvalue weighted by molar-refractivity contribution is 7.47. The van der Waals surface area contributed by atoms with Gasteiger partial charge in [-0.15, -0.1) is 0 Å². The van der Waals surface area contributed by atoms with E-state index in [0.717, 1.165) is 12.8 Å². The summed E-state index contributed by atoms with van der Waals surface area (Å²) in [4.78, 5) is 9.74. The van der Waals surface area contributed by atoms with Crippen LogP contribution in [0.5, 0.6) is 0 Å². The first-order valence-corrected chi connectivity index (χ1v) is 15.0. The first-order valence-electron chi connectivity index (χ1n) is 13.5. The van der Waals surface area contributed by atoms with Crippen LogP contribution in [0, 0.1) is 0 Å². The van der Waals surface area contributed by atoms with Crippen LogP contribution in [0.3, 0.4) is 0 Å². The van der Waals surface area contributed by atoms with E-state index >= 15 is 0 Å². The second-order valence-electron chi connectivity index (χ2n) is 10.2. The van der Waals surface area contributed by atoms with E-state index in [2.05, 4.69) is 19.1 Å². The fourth-order valence-electron chi connectivity index (χ4n) is 3.40. The maximum atomic E-state index is 11.9. The maximum Gasteiger partial charge on any atom is 0.472 e. The smallest absolute Gasteiger partial charge is 0.394 e. The molecule has 0 heterocycles. The molecule has 0 aliphatic rings. The van der Waals surface area contributed by atoms with Crippen LogP contribution >= 0.6 is 7.82 Å². The summed E-state index contributed by atoms with van der Waals surface area (Å²) in [5.74, 6) is 0. The molecular formula is C26H55NO6P+. The normalized spacial score (nSPS) is 15.1. The third-order valence-corrected chi connectivity index (χ3v) is 6.64. The quantitative estimate of drug-likeness (QED) is 0.0657. The summed E-state index contributed by atoms with van der Waals surface area (Å²) in [5, 5.41) is 9.42. The lowest BCUT2D eigenvalue weighted by molar-refractivity contribution is -0.870. The minimum atomic E-state index is -4.13. The molecule has 0 aliphatic carbocycles. The van der Waals surface area contributed by atoms with Gasteiger partial charge >= 0.3 is 7.82 Å². The number of allylic oxidation sites excluding steroid dienone is 2. The van der Waals surface area contributed by atoms with Gasteiger partial charge in [0.15, 0.2) is 0 Å². The summed E-state index contributed by atoms with van der Waals surface area (Å²) in [7, 11) is 1.78. The Morgan fingerprint density at radius 1 is 0.794 bits per heavy atom. The van der Waals surface area contributed by atoms with Crippen LogP contribution in [0.1, 0.15) is 96.8 Å². The van der Waals surface area contributed by atoms with E-state index in [0.29, 0.717) is 17.6 Å². The largest absolute Gasteiger partial charge is 0.472 e. The number of likely N-dealkylation sites (N-methyl/N-ethyl adjacent to an activating group) is 1. The fourth-order valence-corrected chi connectivity index (χ4v) is 4.14. The van der Waals surface area contributed by atoms with Crippen molar-refractivity contribution in [2.24, 2.45) is 0 Å². The molecule has 0 spiro atoms. The molecule has 0 bridgehead atoms. The molecule has 7 nitrogen and oxygen atoms in total. The molecule has 2 N–H and O–H groups in total. The molecule has 2 atom stereocenters. The number of phosphoric ester groups is 1. The zero-order chi connectivity index (χ0) is 25.5. The first kappa shape index (κ1) is 33.7. The van der Waals surface area contributed by atoms with E-state index in [1.165, 1.54) is 77.0 Å². The van der Waals surface area contributed by atoms with Gasteiger partial charge in [0.05, 0.1) is 34.4 Å². The third-order valence-electron chi connectivity index (χ3n) is 5.65. The van der Waals surface area contributed by atoms with Crippen LogP contribution in [0.2, 0.25) is 0 Å². The lowest BCUT2D eigenvalue weighted by Gasteiger charge is -2.24. The summed E-state index contributed by atoms with van der Waals surface area (Å²) in [6.45, 7) is 3.05. The van der Waals surface area contributed by atoms with Crippen molar-refractivity contribution in [2.75, 3.05) is 54.1 Å². The van der Waals surface area contributed by atoms with E-state index in [-0.39, 0.29) is 19.8 Å². The first-order chi connectivity index (χ1) is 16.2. The van der Waals surface area contributed by atoms with Crippen LogP contribution in [-0.2, 0) is 18.3 Å². The van der Waals surface area contributed by atoms with Crippen molar-refractivity contribution >= 4 is 7.82 Å². The Morgan fingerprint density at radius 3 is 1.85 bits per heavy atom. The molecule has 0 amide bonds. The monoisotopic (exact) mass is 508 g/mol. The molecule has 0 fully saturated rings. The number of hydrogen-bond donors (Lipinski definition) is 2. The molecule has 0 aromatic carbocycles. The molecule has 0 saturated heterocycles. The number of hydrogen-bond acceptors (Lipinski definition) is 5. The fraction of sp³-hybridized carbons (Fsp3) is 0.923. The number of unbranched alkanes of at least 4 members (excludes halogenated alkanes) is 12. The molecule has 204 valence electrons. The summed E-state index contributed by atoms with van der Waals surface area (Å²) >= 11 is 0. The van der Waals surface area contributed by atoms with Gasteiger partial charge in [0.2, 0.25) is 0 Å². The van der Waals surface area contributed by atoms with Gasteiger partial charge < -0.3 is 19.2 Å².